The maximum absolute atomic E-state index is 13.2. The summed E-state index contributed by atoms with van der Waals surface area (Å²) in [5.41, 5.74) is -1.98. The van der Waals surface area contributed by atoms with Crippen LogP contribution in [0.3, 0.4) is 0 Å². The van der Waals surface area contributed by atoms with Crippen molar-refractivity contribution in [2.75, 3.05) is 14.1 Å². The van der Waals surface area contributed by atoms with E-state index >= 15 is 0 Å². The van der Waals surface area contributed by atoms with Crippen LogP contribution in [0.1, 0.15) is 53.5 Å². The molecule has 0 aliphatic rings. The van der Waals surface area contributed by atoms with Gasteiger partial charge < -0.3 is 0 Å². The second-order valence-electron chi connectivity index (χ2n) is 5.71. The maximum atomic E-state index is 13.2. The van der Waals surface area contributed by atoms with Gasteiger partial charge in [0.25, 0.3) is 12.6 Å². The minimum absolute atomic E-state index is 0.0191. The molecule has 1 aromatic rings. The third kappa shape index (κ3) is 5.11. The van der Waals surface area contributed by atoms with E-state index in [0.29, 0.717) is 12.5 Å². The van der Waals surface area contributed by atoms with Gasteiger partial charge in [-0.25, -0.2) is 5.09 Å². The van der Waals surface area contributed by atoms with Gasteiger partial charge in [-0.1, -0.05) is 31.3 Å². The van der Waals surface area contributed by atoms with Gasteiger partial charge in [0.2, 0.25) is 0 Å². The number of hydrogen-bond donors (Lipinski definition) is 1. The molecule has 1 aromatic carbocycles. The van der Waals surface area contributed by atoms with E-state index in [2.05, 4.69) is 5.09 Å². The molecule has 0 aromatic heterocycles. The highest BCUT2D eigenvalue weighted by Gasteiger charge is 2.37. The van der Waals surface area contributed by atoms with Gasteiger partial charge >= 0.3 is 6.18 Å². The third-order valence-corrected chi connectivity index (χ3v) is 9.56. The molecule has 0 spiro atoms. The van der Waals surface area contributed by atoms with E-state index in [1.54, 1.807) is 0 Å². The number of benzene rings is 1. The monoisotopic (exact) mass is 410 g/mol. The van der Waals surface area contributed by atoms with E-state index < -0.39 is 35.6 Å². The first-order valence-electron chi connectivity index (χ1n) is 7.85. The van der Waals surface area contributed by atoms with Gasteiger partial charge in [0.15, 0.2) is 5.78 Å². The summed E-state index contributed by atoms with van der Waals surface area (Å²) in [5.74, 6) is -1.57. The first kappa shape index (κ1) is 22.7. The molecule has 0 bridgehead atoms. The summed E-state index contributed by atoms with van der Waals surface area (Å²) in [6.45, 7) is 1.40. The molecule has 0 aliphatic heterocycles. The van der Waals surface area contributed by atoms with Crippen molar-refractivity contribution >= 4 is 29.7 Å². The molecule has 5 nitrogen and oxygen atoms in total. The zero-order valence-electron chi connectivity index (χ0n) is 15.2. The molecule has 146 valence electrons. The van der Waals surface area contributed by atoms with Gasteiger partial charge in [0, 0.05) is 23.4 Å². The molecule has 2 atom stereocenters. The number of carbonyl (C=O) groups excluding carboxylic acids is 2. The Morgan fingerprint density at radius 2 is 1.92 bits per heavy atom. The second kappa shape index (κ2) is 8.59. The summed E-state index contributed by atoms with van der Waals surface area (Å²) < 4.78 is 53.6. The van der Waals surface area contributed by atoms with Crippen LogP contribution < -0.4 is 5.09 Å². The molecule has 1 amide bonds. The highest BCUT2D eigenvalue weighted by Crippen LogP contribution is 2.59. The zero-order chi connectivity index (χ0) is 20.3. The Bertz CT molecular complexity index is 740. The molecular formula is C16H22F3N2O3PS. The standard InChI is InChI=1S/C16H22F3N2O3PS/c1-6-10(2)26-25(24,20-4)21(5)15(23)12-7-8-13(11(3)22)14(9-12)16(17,18)19/h7-10H,6H2,1-5H3,(H,20,24). The van der Waals surface area contributed by atoms with E-state index in [4.69, 9.17) is 0 Å². The summed E-state index contributed by atoms with van der Waals surface area (Å²) in [7, 11) is 2.71. The fourth-order valence-corrected chi connectivity index (χ4v) is 6.53. The van der Waals surface area contributed by atoms with E-state index in [0.717, 1.165) is 35.1 Å². The van der Waals surface area contributed by atoms with Gasteiger partial charge in [-0.2, -0.15) is 13.2 Å². The predicted octanol–water partition coefficient (Wildman–Crippen LogP) is 4.84. The quantitative estimate of drug-likeness (QED) is 0.515. The lowest BCUT2D eigenvalue weighted by atomic mass is 10.0. The van der Waals surface area contributed by atoms with Gasteiger partial charge in [-0.05, 0) is 32.5 Å². The van der Waals surface area contributed by atoms with Crippen molar-refractivity contribution in [3.63, 3.8) is 0 Å². The number of Topliss-reactive ketones (excluding diaryl/α,β-unsaturated/α-hetero) is 1. The average molecular weight is 410 g/mol. The molecule has 0 heterocycles. The lowest BCUT2D eigenvalue weighted by Crippen LogP contribution is -2.28. The normalized spacial score (nSPS) is 15.2. The van der Waals surface area contributed by atoms with Crippen molar-refractivity contribution in [1.29, 1.82) is 0 Å². The Morgan fingerprint density at radius 3 is 2.35 bits per heavy atom. The van der Waals surface area contributed by atoms with Crippen molar-refractivity contribution < 1.29 is 27.3 Å². The molecule has 2 unspecified atom stereocenters. The van der Waals surface area contributed by atoms with Crippen LogP contribution in [0.25, 0.3) is 0 Å². The Labute approximate surface area is 154 Å². The first-order chi connectivity index (χ1) is 11.9. The Balaban J connectivity index is 3.32. The fourth-order valence-electron chi connectivity index (χ4n) is 2.12. The molecule has 1 N–H and O–H groups in total. The number of nitrogens with zero attached hydrogens (tertiary/aromatic N) is 1. The minimum Gasteiger partial charge on any atom is -0.294 e. The van der Waals surface area contributed by atoms with Crippen molar-refractivity contribution in [1.82, 2.24) is 9.76 Å². The highest BCUT2D eigenvalue weighted by molar-refractivity contribution is 8.57. The number of ketones is 1. The molecule has 10 heteroatoms. The number of amides is 1. The fraction of sp³-hybridized carbons (Fsp3) is 0.500. The Morgan fingerprint density at radius 1 is 1.35 bits per heavy atom. The number of hydrogen-bond acceptors (Lipinski definition) is 4. The van der Waals surface area contributed by atoms with Gasteiger partial charge in [0.05, 0.1) is 5.56 Å². The van der Waals surface area contributed by atoms with Crippen LogP contribution in [-0.4, -0.2) is 35.7 Å². The molecule has 0 fully saturated rings. The van der Waals surface area contributed by atoms with Crippen LogP contribution >= 0.6 is 18.0 Å². The van der Waals surface area contributed by atoms with Crippen LogP contribution in [0.15, 0.2) is 18.2 Å². The molecular weight excluding hydrogens is 388 g/mol. The SMILES string of the molecule is CCC(C)SP(=O)(NC)N(C)C(=O)c1ccc(C(C)=O)c(C(F)(F)F)c1. The number of rotatable bonds is 7. The minimum atomic E-state index is -4.78. The van der Waals surface area contributed by atoms with Crippen LogP contribution in [0.4, 0.5) is 13.2 Å². The second-order valence-corrected chi connectivity index (χ2v) is 10.9. The molecule has 0 aliphatic carbocycles. The molecule has 1 rings (SSSR count). The number of halogens is 3. The number of nitrogens with one attached hydrogen (secondary N) is 1. The number of alkyl halides is 3. The van der Waals surface area contributed by atoms with Crippen LogP contribution in [0, 0.1) is 0 Å². The smallest absolute Gasteiger partial charge is 0.294 e. The van der Waals surface area contributed by atoms with E-state index in [-0.39, 0.29) is 10.8 Å². The molecule has 0 saturated carbocycles. The molecule has 0 saturated heterocycles. The van der Waals surface area contributed by atoms with E-state index in [1.807, 2.05) is 13.8 Å². The summed E-state index contributed by atoms with van der Waals surface area (Å²) in [5, 5.41) is 2.60. The van der Waals surface area contributed by atoms with Crippen LogP contribution in [0.2, 0.25) is 0 Å². The van der Waals surface area contributed by atoms with Gasteiger partial charge in [0.1, 0.15) is 0 Å². The zero-order valence-corrected chi connectivity index (χ0v) is 16.9. The lowest BCUT2D eigenvalue weighted by molar-refractivity contribution is -0.137. The maximum Gasteiger partial charge on any atom is 0.417 e. The van der Waals surface area contributed by atoms with Crippen molar-refractivity contribution in [3.05, 3.63) is 34.9 Å². The average Bonchev–Trinajstić information content (AvgIpc) is 2.58. The van der Waals surface area contributed by atoms with E-state index in [1.165, 1.54) is 14.1 Å². The van der Waals surface area contributed by atoms with Crippen molar-refractivity contribution in [2.24, 2.45) is 0 Å². The summed E-state index contributed by atoms with van der Waals surface area (Å²) >= 11 is 1.07. The Hall–Kier alpha value is -1.31. The summed E-state index contributed by atoms with van der Waals surface area (Å²) in [6, 6.07) is 2.74. The summed E-state index contributed by atoms with van der Waals surface area (Å²) in [4.78, 5) is 24.1. The summed E-state index contributed by atoms with van der Waals surface area (Å²) in [6.07, 6.45) is -4.07. The van der Waals surface area contributed by atoms with Crippen molar-refractivity contribution in [3.8, 4) is 0 Å². The first-order valence-corrected chi connectivity index (χ1v) is 11.0. The highest BCUT2D eigenvalue weighted by atomic mass is 32.7. The lowest BCUT2D eigenvalue weighted by Gasteiger charge is -2.29. The molecule has 0 radical (unpaired) electrons. The predicted molar refractivity (Wildman–Crippen MR) is 97.6 cm³/mol. The third-order valence-electron chi connectivity index (χ3n) is 3.82. The topological polar surface area (TPSA) is 66.5 Å². The van der Waals surface area contributed by atoms with Crippen LogP contribution in [-0.2, 0) is 10.7 Å². The van der Waals surface area contributed by atoms with Gasteiger partial charge in [-0.15, -0.1) is 0 Å². The van der Waals surface area contributed by atoms with Crippen LogP contribution in [0.5, 0.6) is 0 Å². The van der Waals surface area contributed by atoms with Crippen molar-refractivity contribution in [2.45, 2.75) is 38.6 Å². The van der Waals surface area contributed by atoms with Gasteiger partial charge in [-0.3, -0.25) is 18.8 Å². The van der Waals surface area contributed by atoms with E-state index in [9.17, 15) is 27.3 Å². The largest absolute Gasteiger partial charge is 0.417 e. The Kier molecular flexibility index (Phi) is 7.51. The number of carbonyl (C=O) groups is 2. The molecule has 26 heavy (non-hydrogen) atoms.